The van der Waals surface area contributed by atoms with Crippen LogP contribution in [0.2, 0.25) is 0 Å². The van der Waals surface area contributed by atoms with Gasteiger partial charge < -0.3 is 10.2 Å². The Balaban J connectivity index is 2.37. The summed E-state index contributed by atoms with van der Waals surface area (Å²) in [5.41, 5.74) is 1.23. The van der Waals surface area contributed by atoms with Crippen LogP contribution in [0, 0.1) is 0 Å². The van der Waals surface area contributed by atoms with Crippen molar-refractivity contribution in [3.05, 3.63) is 34.3 Å². The van der Waals surface area contributed by atoms with Crippen molar-refractivity contribution in [2.75, 3.05) is 19.6 Å². The Bertz CT molecular complexity index is 415. The highest BCUT2D eigenvalue weighted by molar-refractivity contribution is 9.10. The highest BCUT2D eigenvalue weighted by Gasteiger charge is 2.11. The topological polar surface area (TPSA) is 32.3 Å². The van der Waals surface area contributed by atoms with E-state index in [0.717, 1.165) is 49.7 Å². The van der Waals surface area contributed by atoms with Crippen LogP contribution in [0.15, 0.2) is 28.7 Å². The Kier molecular flexibility index (Phi) is 9.15. The van der Waals surface area contributed by atoms with Crippen LogP contribution >= 0.6 is 15.9 Å². The maximum atomic E-state index is 12.2. The second-order valence-corrected chi connectivity index (χ2v) is 6.22. The molecule has 118 valence electrons. The average molecular weight is 355 g/mol. The summed E-state index contributed by atoms with van der Waals surface area (Å²) >= 11 is 3.47. The number of unbranched alkanes of at least 4 members (excludes halogenated alkanes) is 2. The number of hydrogen-bond acceptors (Lipinski definition) is 1. The second-order valence-electron chi connectivity index (χ2n) is 5.31. The molecule has 2 amide bonds. The Morgan fingerprint density at radius 2 is 1.86 bits per heavy atom. The third kappa shape index (κ3) is 7.51. The number of benzene rings is 1. The fourth-order valence-electron chi connectivity index (χ4n) is 2.13. The van der Waals surface area contributed by atoms with Gasteiger partial charge >= 0.3 is 6.03 Å². The van der Waals surface area contributed by atoms with E-state index in [2.05, 4.69) is 47.2 Å². The van der Waals surface area contributed by atoms with Crippen LogP contribution in [0.1, 0.15) is 45.1 Å². The van der Waals surface area contributed by atoms with E-state index in [9.17, 15) is 4.79 Å². The summed E-state index contributed by atoms with van der Waals surface area (Å²) in [5, 5.41) is 3.04. The minimum Gasteiger partial charge on any atom is -0.338 e. The third-order valence-electron chi connectivity index (χ3n) is 3.43. The van der Waals surface area contributed by atoms with Gasteiger partial charge in [-0.3, -0.25) is 0 Å². The van der Waals surface area contributed by atoms with Crippen LogP contribution in [0.25, 0.3) is 0 Å². The van der Waals surface area contributed by atoms with Crippen LogP contribution in [0.5, 0.6) is 0 Å². The van der Waals surface area contributed by atoms with E-state index in [4.69, 9.17) is 0 Å². The minimum atomic E-state index is 0.0758. The van der Waals surface area contributed by atoms with Crippen LogP contribution in [-0.4, -0.2) is 30.6 Å². The van der Waals surface area contributed by atoms with Crippen molar-refractivity contribution >= 4 is 22.0 Å². The molecule has 0 fully saturated rings. The number of nitrogens with zero attached hydrogens (tertiary/aromatic N) is 1. The van der Waals surface area contributed by atoms with E-state index < -0.39 is 0 Å². The van der Waals surface area contributed by atoms with E-state index in [-0.39, 0.29) is 6.03 Å². The van der Waals surface area contributed by atoms with Crippen LogP contribution in [0.4, 0.5) is 4.79 Å². The van der Waals surface area contributed by atoms with Gasteiger partial charge in [-0.2, -0.15) is 0 Å². The van der Waals surface area contributed by atoms with E-state index in [1.165, 1.54) is 5.56 Å². The van der Waals surface area contributed by atoms with Crippen molar-refractivity contribution in [2.45, 2.75) is 46.0 Å². The fourth-order valence-corrected chi connectivity index (χ4v) is 2.58. The molecule has 0 aliphatic heterocycles. The molecule has 1 N–H and O–H groups in total. The van der Waals surface area contributed by atoms with Crippen molar-refractivity contribution in [2.24, 2.45) is 0 Å². The lowest BCUT2D eigenvalue weighted by Crippen LogP contribution is -2.41. The summed E-state index contributed by atoms with van der Waals surface area (Å²) in [6.45, 7) is 6.72. The van der Waals surface area contributed by atoms with Gasteiger partial charge in [-0.15, -0.1) is 0 Å². The molecule has 1 aromatic rings. The van der Waals surface area contributed by atoms with Crippen molar-refractivity contribution in [3.8, 4) is 0 Å². The first-order valence-electron chi connectivity index (χ1n) is 7.94. The number of amides is 2. The van der Waals surface area contributed by atoms with Crippen LogP contribution in [-0.2, 0) is 6.42 Å². The molecule has 0 aromatic heterocycles. The number of carbonyl (C=O) groups is 1. The van der Waals surface area contributed by atoms with Gasteiger partial charge in [0, 0.05) is 24.1 Å². The van der Waals surface area contributed by atoms with Gasteiger partial charge in [0.05, 0.1) is 0 Å². The van der Waals surface area contributed by atoms with Gasteiger partial charge in [-0.1, -0.05) is 54.8 Å². The summed E-state index contributed by atoms with van der Waals surface area (Å²) in [6.07, 6.45) is 5.24. The standard InChI is InChI=1S/C17H27BrN2O/c1-3-5-12-20(13-6-4-2)17(21)19-11-10-15-8-7-9-16(18)14-15/h7-9,14H,3-6,10-13H2,1-2H3,(H,19,21). The SMILES string of the molecule is CCCCN(CCCC)C(=O)NCCc1cccc(Br)c1. The summed E-state index contributed by atoms with van der Waals surface area (Å²) in [6, 6.07) is 8.29. The molecule has 1 aromatic carbocycles. The van der Waals surface area contributed by atoms with E-state index in [1.54, 1.807) is 0 Å². The van der Waals surface area contributed by atoms with Crippen molar-refractivity contribution < 1.29 is 4.79 Å². The minimum absolute atomic E-state index is 0.0758. The molecule has 0 radical (unpaired) electrons. The Hall–Kier alpha value is -1.03. The zero-order valence-electron chi connectivity index (χ0n) is 13.2. The maximum absolute atomic E-state index is 12.2. The van der Waals surface area contributed by atoms with Gasteiger partial charge in [0.25, 0.3) is 0 Å². The Morgan fingerprint density at radius 3 is 2.43 bits per heavy atom. The molecule has 0 spiro atoms. The first kappa shape index (κ1) is 18.0. The quantitative estimate of drug-likeness (QED) is 0.690. The molecule has 0 aliphatic carbocycles. The Morgan fingerprint density at radius 1 is 1.19 bits per heavy atom. The molecule has 0 atom stereocenters. The number of urea groups is 1. The van der Waals surface area contributed by atoms with Crippen LogP contribution in [0.3, 0.4) is 0 Å². The summed E-state index contributed by atoms with van der Waals surface area (Å²) in [4.78, 5) is 14.2. The molecule has 0 heterocycles. The van der Waals surface area contributed by atoms with E-state index >= 15 is 0 Å². The summed E-state index contributed by atoms with van der Waals surface area (Å²) in [5.74, 6) is 0. The molecule has 1 rings (SSSR count). The number of rotatable bonds is 9. The highest BCUT2D eigenvalue weighted by Crippen LogP contribution is 2.11. The fraction of sp³-hybridized carbons (Fsp3) is 0.588. The second kappa shape index (κ2) is 10.7. The van der Waals surface area contributed by atoms with E-state index in [1.807, 2.05) is 17.0 Å². The lowest BCUT2D eigenvalue weighted by Gasteiger charge is -2.22. The smallest absolute Gasteiger partial charge is 0.317 e. The van der Waals surface area contributed by atoms with Crippen LogP contribution < -0.4 is 5.32 Å². The van der Waals surface area contributed by atoms with Crippen molar-refractivity contribution in [1.29, 1.82) is 0 Å². The van der Waals surface area contributed by atoms with Gasteiger partial charge in [0.1, 0.15) is 0 Å². The third-order valence-corrected chi connectivity index (χ3v) is 3.92. The predicted octanol–water partition coefficient (Wildman–Crippen LogP) is 4.60. The van der Waals surface area contributed by atoms with Gasteiger partial charge in [0.2, 0.25) is 0 Å². The number of halogens is 1. The normalized spacial score (nSPS) is 10.4. The molecular formula is C17H27BrN2O. The monoisotopic (exact) mass is 354 g/mol. The lowest BCUT2D eigenvalue weighted by molar-refractivity contribution is 0.196. The highest BCUT2D eigenvalue weighted by atomic mass is 79.9. The molecular weight excluding hydrogens is 328 g/mol. The zero-order valence-corrected chi connectivity index (χ0v) is 14.8. The Labute approximate surface area is 137 Å². The molecule has 0 saturated heterocycles. The first-order valence-corrected chi connectivity index (χ1v) is 8.73. The number of carbonyl (C=O) groups excluding carboxylic acids is 1. The van der Waals surface area contributed by atoms with E-state index in [0.29, 0.717) is 6.54 Å². The van der Waals surface area contributed by atoms with Crippen molar-refractivity contribution in [3.63, 3.8) is 0 Å². The van der Waals surface area contributed by atoms with Crippen molar-refractivity contribution in [1.82, 2.24) is 10.2 Å². The summed E-state index contributed by atoms with van der Waals surface area (Å²) in [7, 11) is 0. The largest absolute Gasteiger partial charge is 0.338 e. The lowest BCUT2D eigenvalue weighted by atomic mass is 10.1. The van der Waals surface area contributed by atoms with Gasteiger partial charge in [-0.05, 0) is 37.0 Å². The van der Waals surface area contributed by atoms with Gasteiger partial charge in [0.15, 0.2) is 0 Å². The average Bonchev–Trinajstić information content (AvgIpc) is 2.47. The first-order chi connectivity index (χ1) is 10.2. The molecule has 0 unspecified atom stereocenters. The molecule has 3 nitrogen and oxygen atoms in total. The maximum Gasteiger partial charge on any atom is 0.317 e. The molecule has 21 heavy (non-hydrogen) atoms. The molecule has 0 bridgehead atoms. The zero-order chi connectivity index (χ0) is 15.5. The molecule has 0 saturated carbocycles. The number of hydrogen-bond donors (Lipinski definition) is 1. The summed E-state index contributed by atoms with van der Waals surface area (Å²) < 4.78 is 1.08. The van der Waals surface area contributed by atoms with Gasteiger partial charge in [-0.25, -0.2) is 4.79 Å². The predicted molar refractivity (Wildman–Crippen MR) is 92.6 cm³/mol. The molecule has 0 aliphatic rings. The molecule has 4 heteroatoms. The number of nitrogens with one attached hydrogen (secondary N) is 1.